The van der Waals surface area contributed by atoms with Crippen molar-refractivity contribution in [3.05, 3.63) is 35.7 Å². The summed E-state index contributed by atoms with van der Waals surface area (Å²) < 4.78 is 0. The highest BCUT2D eigenvalue weighted by Crippen LogP contribution is 2.19. The highest BCUT2D eigenvalue weighted by atomic mass is 16.2. The average Bonchev–Trinajstić information content (AvgIpc) is 2.95. The highest BCUT2D eigenvalue weighted by molar-refractivity contribution is 6.03. The smallest absolute Gasteiger partial charge is 0.278 e. The number of carbonyl (C=O) groups excluding carboxylic acids is 1. The van der Waals surface area contributed by atoms with Gasteiger partial charge in [-0.25, -0.2) is 0 Å². The van der Waals surface area contributed by atoms with Gasteiger partial charge in [0.05, 0.1) is 5.69 Å². The monoisotopic (exact) mass is 300 g/mol. The first kappa shape index (κ1) is 14.5. The zero-order valence-corrected chi connectivity index (χ0v) is 12.8. The lowest BCUT2D eigenvalue weighted by atomic mass is 10.2. The number of piperazine rings is 1. The number of likely N-dealkylation sites (N-methyl/N-ethyl adjacent to an activating group) is 1. The van der Waals surface area contributed by atoms with E-state index >= 15 is 0 Å². The van der Waals surface area contributed by atoms with E-state index in [-0.39, 0.29) is 5.91 Å². The Morgan fingerprint density at radius 3 is 2.41 bits per heavy atom. The van der Waals surface area contributed by atoms with Crippen LogP contribution in [0.1, 0.15) is 16.2 Å². The number of H-pyrrole nitrogens is 1. The van der Waals surface area contributed by atoms with Gasteiger partial charge in [0.1, 0.15) is 0 Å². The van der Waals surface area contributed by atoms with Gasteiger partial charge in [0, 0.05) is 37.6 Å². The Morgan fingerprint density at radius 1 is 1.14 bits per heavy atom. The summed E-state index contributed by atoms with van der Waals surface area (Å²) in [6, 6.07) is 7.91. The second-order valence-corrected chi connectivity index (χ2v) is 5.55. The van der Waals surface area contributed by atoms with Crippen LogP contribution in [-0.2, 0) is 0 Å². The molecule has 116 valence electrons. The molecule has 1 aromatic heterocycles. The first-order valence-corrected chi connectivity index (χ1v) is 7.36. The minimum absolute atomic E-state index is 0.251. The van der Waals surface area contributed by atoms with Crippen molar-refractivity contribution in [2.24, 2.45) is 0 Å². The van der Waals surface area contributed by atoms with Crippen LogP contribution in [0.15, 0.2) is 24.3 Å². The van der Waals surface area contributed by atoms with E-state index in [1.807, 2.05) is 24.3 Å². The van der Waals surface area contributed by atoms with Crippen LogP contribution in [0.3, 0.4) is 0 Å². The normalized spacial score (nSPS) is 15.8. The SMILES string of the molecule is Cc1n[nH]nc1C(=O)Nc1ccc(N2CCN(C)CC2)cc1. The quantitative estimate of drug-likeness (QED) is 0.888. The summed E-state index contributed by atoms with van der Waals surface area (Å²) in [5.74, 6) is -0.251. The Morgan fingerprint density at radius 2 is 1.82 bits per heavy atom. The van der Waals surface area contributed by atoms with Gasteiger partial charge < -0.3 is 15.1 Å². The fourth-order valence-corrected chi connectivity index (χ4v) is 2.51. The largest absolute Gasteiger partial charge is 0.369 e. The van der Waals surface area contributed by atoms with Crippen molar-refractivity contribution >= 4 is 17.3 Å². The number of aromatic amines is 1. The second kappa shape index (κ2) is 6.15. The lowest BCUT2D eigenvalue weighted by molar-refractivity contribution is 0.102. The molecule has 2 heterocycles. The number of benzene rings is 1. The lowest BCUT2D eigenvalue weighted by Gasteiger charge is -2.34. The van der Waals surface area contributed by atoms with Crippen molar-refractivity contribution in [2.75, 3.05) is 43.4 Å². The van der Waals surface area contributed by atoms with Crippen LogP contribution in [0.5, 0.6) is 0 Å². The predicted molar refractivity (Wildman–Crippen MR) is 85.2 cm³/mol. The number of nitrogens with zero attached hydrogens (tertiary/aromatic N) is 4. The third-order valence-corrected chi connectivity index (χ3v) is 3.93. The molecule has 0 saturated carbocycles. The molecular formula is C15H20N6O. The van der Waals surface area contributed by atoms with Crippen molar-refractivity contribution in [1.82, 2.24) is 20.3 Å². The molecule has 1 saturated heterocycles. The van der Waals surface area contributed by atoms with Crippen LogP contribution >= 0.6 is 0 Å². The summed E-state index contributed by atoms with van der Waals surface area (Å²) in [4.78, 5) is 16.7. The molecule has 7 nitrogen and oxygen atoms in total. The summed E-state index contributed by atoms with van der Waals surface area (Å²) in [6.07, 6.45) is 0. The summed E-state index contributed by atoms with van der Waals surface area (Å²) in [6.45, 7) is 5.95. The number of carbonyl (C=O) groups is 1. The van der Waals surface area contributed by atoms with Crippen LogP contribution in [-0.4, -0.2) is 59.4 Å². The van der Waals surface area contributed by atoms with Gasteiger partial charge in [-0.05, 0) is 38.2 Å². The second-order valence-electron chi connectivity index (χ2n) is 5.55. The topological polar surface area (TPSA) is 77.1 Å². The van der Waals surface area contributed by atoms with E-state index in [0.29, 0.717) is 11.4 Å². The number of hydrogen-bond acceptors (Lipinski definition) is 5. The lowest BCUT2D eigenvalue weighted by Crippen LogP contribution is -2.44. The van der Waals surface area contributed by atoms with Crippen LogP contribution in [0.4, 0.5) is 11.4 Å². The van der Waals surface area contributed by atoms with Crippen molar-refractivity contribution in [2.45, 2.75) is 6.92 Å². The molecule has 1 aromatic carbocycles. The number of aromatic nitrogens is 3. The molecule has 1 aliphatic rings. The molecule has 0 aliphatic carbocycles. The zero-order chi connectivity index (χ0) is 15.5. The van der Waals surface area contributed by atoms with E-state index < -0.39 is 0 Å². The molecule has 3 rings (SSSR count). The van der Waals surface area contributed by atoms with Gasteiger partial charge in [-0.1, -0.05) is 0 Å². The zero-order valence-electron chi connectivity index (χ0n) is 12.8. The van der Waals surface area contributed by atoms with Gasteiger partial charge in [-0.3, -0.25) is 4.79 Å². The molecular weight excluding hydrogens is 280 g/mol. The number of anilines is 2. The van der Waals surface area contributed by atoms with E-state index in [9.17, 15) is 4.79 Å². The predicted octanol–water partition coefficient (Wildman–Crippen LogP) is 1.12. The molecule has 2 N–H and O–H groups in total. The maximum absolute atomic E-state index is 12.1. The van der Waals surface area contributed by atoms with E-state index in [0.717, 1.165) is 31.9 Å². The summed E-state index contributed by atoms with van der Waals surface area (Å²) >= 11 is 0. The number of aryl methyl sites for hydroxylation is 1. The van der Waals surface area contributed by atoms with Crippen LogP contribution < -0.4 is 10.2 Å². The number of nitrogens with one attached hydrogen (secondary N) is 2. The van der Waals surface area contributed by atoms with Gasteiger partial charge in [-0.15, -0.1) is 0 Å². The molecule has 0 bridgehead atoms. The molecule has 0 unspecified atom stereocenters. The molecule has 0 atom stereocenters. The van der Waals surface area contributed by atoms with Gasteiger partial charge in [0.25, 0.3) is 5.91 Å². The minimum Gasteiger partial charge on any atom is -0.369 e. The van der Waals surface area contributed by atoms with Crippen LogP contribution in [0.25, 0.3) is 0 Å². The maximum Gasteiger partial charge on any atom is 0.278 e. The Balaban J connectivity index is 1.64. The molecule has 1 aliphatic heterocycles. The Labute approximate surface area is 129 Å². The minimum atomic E-state index is -0.251. The Bertz CT molecular complexity index is 642. The van der Waals surface area contributed by atoms with Gasteiger partial charge in [0.2, 0.25) is 0 Å². The van der Waals surface area contributed by atoms with E-state index in [1.165, 1.54) is 5.69 Å². The van der Waals surface area contributed by atoms with Gasteiger partial charge >= 0.3 is 0 Å². The Kier molecular flexibility index (Phi) is 4.06. The Hall–Kier alpha value is -2.41. The molecule has 22 heavy (non-hydrogen) atoms. The first-order valence-electron chi connectivity index (χ1n) is 7.36. The van der Waals surface area contributed by atoms with Crippen molar-refractivity contribution in [3.8, 4) is 0 Å². The van der Waals surface area contributed by atoms with E-state index in [2.05, 4.69) is 37.6 Å². The third kappa shape index (κ3) is 3.09. The van der Waals surface area contributed by atoms with Gasteiger partial charge in [-0.2, -0.15) is 15.4 Å². The van der Waals surface area contributed by atoms with E-state index in [1.54, 1.807) is 6.92 Å². The van der Waals surface area contributed by atoms with Gasteiger partial charge in [0.15, 0.2) is 5.69 Å². The fraction of sp³-hybridized carbons (Fsp3) is 0.400. The molecule has 1 amide bonds. The molecule has 0 radical (unpaired) electrons. The fourth-order valence-electron chi connectivity index (χ4n) is 2.51. The van der Waals surface area contributed by atoms with Crippen LogP contribution in [0.2, 0.25) is 0 Å². The number of hydrogen-bond donors (Lipinski definition) is 2. The third-order valence-electron chi connectivity index (χ3n) is 3.93. The average molecular weight is 300 g/mol. The van der Waals surface area contributed by atoms with Crippen molar-refractivity contribution in [3.63, 3.8) is 0 Å². The summed E-state index contributed by atoms with van der Waals surface area (Å²) in [7, 11) is 2.14. The number of amides is 1. The number of rotatable bonds is 3. The molecule has 0 spiro atoms. The van der Waals surface area contributed by atoms with Crippen molar-refractivity contribution in [1.29, 1.82) is 0 Å². The summed E-state index contributed by atoms with van der Waals surface area (Å²) in [5, 5.41) is 13.0. The molecule has 1 fully saturated rings. The molecule has 7 heteroatoms. The maximum atomic E-state index is 12.1. The standard InChI is InChI=1S/C15H20N6O/c1-11-14(18-19-17-11)15(22)16-12-3-5-13(6-4-12)21-9-7-20(2)8-10-21/h3-6H,7-10H2,1-2H3,(H,16,22)(H,17,18,19). The van der Waals surface area contributed by atoms with Crippen LogP contribution in [0, 0.1) is 6.92 Å². The highest BCUT2D eigenvalue weighted by Gasteiger charge is 2.15. The van der Waals surface area contributed by atoms with Crippen molar-refractivity contribution < 1.29 is 4.79 Å². The van der Waals surface area contributed by atoms with E-state index in [4.69, 9.17) is 0 Å². The first-order chi connectivity index (χ1) is 10.6. The summed E-state index contributed by atoms with van der Waals surface area (Å²) in [5.41, 5.74) is 2.85. The molecule has 2 aromatic rings.